The molecule has 0 fully saturated rings. The highest BCUT2D eigenvalue weighted by atomic mass is 16.5. The Morgan fingerprint density at radius 2 is 1.97 bits per heavy atom. The number of ether oxygens (including phenoxy) is 1. The Kier molecular flexibility index (Phi) is 6.70. The molecule has 3 rings (SSSR count). The molecular weight excluding hydrogens is 362 g/mol. The zero-order valence-electron chi connectivity index (χ0n) is 17.5. The van der Waals surface area contributed by atoms with Gasteiger partial charge in [0.25, 0.3) is 0 Å². The van der Waals surface area contributed by atoms with Crippen LogP contribution in [0.5, 0.6) is 5.75 Å². The maximum atomic E-state index is 11.9. The summed E-state index contributed by atoms with van der Waals surface area (Å²) < 4.78 is 8.15. The average molecular weight is 392 g/mol. The first-order valence-corrected chi connectivity index (χ1v) is 10.0. The third kappa shape index (κ3) is 5.25. The molecule has 1 aromatic heterocycles. The minimum atomic E-state index is -0.148. The van der Waals surface area contributed by atoms with Gasteiger partial charge < -0.3 is 14.6 Å². The van der Waals surface area contributed by atoms with Gasteiger partial charge in [-0.15, -0.1) is 0 Å². The third-order valence-corrected chi connectivity index (χ3v) is 4.91. The van der Waals surface area contributed by atoms with Crippen LogP contribution in [0.3, 0.4) is 0 Å². The van der Waals surface area contributed by atoms with E-state index in [1.54, 1.807) is 6.92 Å². The first kappa shape index (κ1) is 20.6. The first-order chi connectivity index (χ1) is 14.0. The zero-order valence-corrected chi connectivity index (χ0v) is 17.5. The number of fused-ring (bicyclic) bond motifs is 1. The number of rotatable bonds is 9. The van der Waals surface area contributed by atoms with Gasteiger partial charge in [0.1, 0.15) is 11.6 Å². The van der Waals surface area contributed by atoms with Crippen LogP contribution in [0.15, 0.2) is 54.6 Å². The van der Waals surface area contributed by atoms with Crippen molar-refractivity contribution in [1.29, 1.82) is 0 Å². The van der Waals surface area contributed by atoms with Gasteiger partial charge in [-0.25, -0.2) is 4.98 Å². The van der Waals surface area contributed by atoms with E-state index in [-0.39, 0.29) is 5.91 Å². The average Bonchev–Trinajstić information content (AvgIpc) is 3.06. The van der Waals surface area contributed by atoms with Crippen LogP contribution >= 0.6 is 0 Å². The lowest BCUT2D eigenvalue weighted by Gasteiger charge is -2.12. The maximum Gasteiger partial charge on any atom is 0.246 e. The van der Waals surface area contributed by atoms with Crippen molar-refractivity contribution in [2.24, 2.45) is 0 Å². The van der Waals surface area contributed by atoms with Gasteiger partial charge in [0, 0.05) is 12.1 Å². The zero-order chi connectivity index (χ0) is 20.8. The number of hydrogen-bond acceptors (Lipinski definition) is 3. The van der Waals surface area contributed by atoms with Crippen molar-refractivity contribution < 1.29 is 9.53 Å². The van der Waals surface area contributed by atoms with Crippen LogP contribution in [-0.2, 0) is 17.9 Å². The number of nitrogens with zero attached hydrogens (tertiary/aromatic N) is 2. The summed E-state index contributed by atoms with van der Waals surface area (Å²) in [7, 11) is 0. The fourth-order valence-electron chi connectivity index (χ4n) is 3.24. The summed E-state index contributed by atoms with van der Waals surface area (Å²) in [5, 5.41) is 2.89. The summed E-state index contributed by atoms with van der Waals surface area (Å²) in [6, 6.07) is 14.3. The number of carbonyl (C=O) groups is 1. The van der Waals surface area contributed by atoms with Gasteiger partial charge in [-0.2, -0.15) is 0 Å². The summed E-state index contributed by atoms with van der Waals surface area (Å²) >= 11 is 0. The lowest BCUT2D eigenvalue weighted by Crippen LogP contribution is -2.25. The van der Waals surface area contributed by atoms with Crippen molar-refractivity contribution in [3.63, 3.8) is 0 Å². The van der Waals surface area contributed by atoms with Crippen LogP contribution in [0.1, 0.15) is 36.7 Å². The van der Waals surface area contributed by atoms with E-state index in [1.807, 2.05) is 18.2 Å². The van der Waals surface area contributed by atoms with Crippen LogP contribution in [0.4, 0.5) is 0 Å². The van der Waals surface area contributed by atoms with Crippen molar-refractivity contribution in [1.82, 2.24) is 14.9 Å². The summed E-state index contributed by atoms with van der Waals surface area (Å²) in [4.78, 5) is 16.6. The number of aromatic nitrogens is 2. The number of benzene rings is 2. The quantitative estimate of drug-likeness (QED) is 0.425. The monoisotopic (exact) mass is 391 g/mol. The minimum absolute atomic E-state index is 0.148. The summed E-state index contributed by atoms with van der Waals surface area (Å²) in [6.07, 6.45) is 1.91. The molecule has 0 saturated carbocycles. The minimum Gasteiger partial charge on any atom is -0.493 e. The highest BCUT2D eigenvalue weighted by Gasteiger charge is 2.11. The molecular formula is C24H29N3O2. The Morgan fingerprint density at radius 3 is 2.76 bits per heavy atom. The number of imidazole rings is 1. The van der Waals surface area contributed by atoms with Crippen molar-refractivity contribution in [2.45, 2.75) is 46.7 Å². The fraction of sp³-hybridized carbons (Fsp3) is 0.333. The Hall–Kier alpha value is -3.08. The number of unbranched alkanes of at least 4 members (excludes halogenated alkanes) is 1. The molecule has 3 aromatic rings. The molecule has 29 heavy (non-hydrogen) atoms. The summed E-state index contributed by atoms with van der Waals surface area (Å²) in [6.45, 7) is 11.4. The van der Waals surface area contributed by atoms with Crippen molar-refractivity contribution >= 4 is 16.9 Å². The summed E-state index contributed by atoms with van der Waals surface area (Å²) in [5.41, 5.74) is 4.89. The lowest BCUT2D eigenvalue weighted by atomic mass is 10.1. The van der Waals surface area contributed by atoms with Crippen molar-refractivity contribution in [3.05, 3.63) is 71.6 Å². The molecule has 0 spiro atoms. The van der Waals surface area contributed by atoms with Crippen LogP contribution in [0.25, 0.3) is 11.0 Å². The Balaban J connectivity index is 1.61. The van der Waals surface area contributed by atoms with Gasteiger partial charge in [-0.3, -0.25) is 4.79 Å². The molecule has 0 atom stereocenters. The second-order valence-corrected chi connectivity index (χ2v) is 7.46. The molecule has 0 aliphatic carbocycles. The summed E-state index contributed by atoms with van der Waals surface area (Å²) in [5.74, 6) is 1.67. The maximum absolute atomic E-state index is 11.9. The van der Waals surface area contributed by atoms with E-state index in [0.717, 1.165) is 47.6 Å². The number of carbonyl (C=O) groups excluding carboxylic acids is 1. The van der Waals surface area contributed by atoms with Crippen LogP contribution in [0, 0.1) is 13.8 Å². The van der Waals surface area contributed by atoms with E-state index >= 15 is 0 Å². The molecule has 0 aliphatic heterocycles. The number of hydrogen-bond donors (Lipinski definition) is 1. The predicted octanol–water partition coefficient (Wildman–Crippen LogP) is 4.70. The van der Waals surface area contributed by atoms with Gasteiger partial charge in [-0.1, -0.05) is 30.8 Å². The predicted molar refractivity (Wildman–Crippen MR) is 117 cm³/mol. The molecule has 0 aliphatic rings. The van der Waals surface area contributed by atoms with Crippen LogP contribution in [0.2, 0.25) is 0 Å². The highest BCUT2D eigenvalue weighted by molar-refractivity contribution is 5.92. The van der Waals surface area contributed by atoms with Gasteiger partial charge in [0.2, 0.25) is 5.91 Å². The van der Waals surface area contributed by atoms with E-state index in [9.17, 15) is 4.79 Å². The van der Waals surface area contributed by atoms with E-state index in [0.29, 0.717) is 18.7 Å². The topological polar surface area (TPSA) is 56.2 Å². The van der Waals surface area contributed by atoms with Gasteiger partial charge in [-0.05, 0) is 62.9 Å². The molecule has 2 aromatic carbocycles. The smallest absolute Gasteiger partial charge is 0.246 e. The van der Waals surface area contributed by atoms with E-state index in [1.165, 1.54) is 5.56 Å². The second-order valence-electron chi connectivity index (χ2n) is 7.46. The Morgan fingerprint density at radius 1 is 1.17 bits per heavy atom. The Bertz CT molecular complexity index is 1020. The fourth-order valence-corrected chi connectivity index (χ4v) is 3.24. The molecule has 5 heteroatoms. The molecule has 152 valence electrons. The van der Waals surface area contributed by atoms with E-state index < -0.39 is 0 Å². The SMILES string of the molecule is C=C(C)C(=O)NCc1nc2ccccc2n1CCCCOc1cc(C)ccc1C. The molecule has 1 heterocycles. The molecule has 0 radical (unpaired) electrons. The number of nitrogens with one attached hydrogen (secondary N) is 1. The van der Waals surface area contributed by atoms with Gasteiger partial charge in [0.05, 0.1) is 24.2 Å². The van der Waals surface area contributed by atoms with Gasteiger partial charge >= 0.3 is 0 Å². The third-order valence-electron chi connectivity index (χ3n) is 4.91. The molecule has 1 N–H and O–H groups in total. The number of amides is 1. The molecule has 5 nitrogen and oxygen atoms in total. The van der Waals surface area contributed by atoms with Crippen molar-refractivity contribution in [2.75, 3.05) is 6.61 Å². The van der Waals surface area contributed by atoms with Crippen molar-refractivity contribution in [3.8, 4) is 5.75 Å². The highest BCUT2D eigenvalue weighted by Crippen LogP contribution is 2.20. The van der Waals surface area contributed by atoms with Crippen LogP contribution in [-0.4, -0.2) is 22.1 Å². The standard InChI is InChI=1S/C24H29N3O2/c1-17(2)24(28)25-16-23-26-20-9-5-6-10-21(20)27(23)13-7-8-14-29-22-15-18(3)11-12-19(22)4/h5-6,9-12,15H,1,7-8,13-14,16H2,2-4H3,(H,25,28). The van der Waals surface area contributed by atoms with Gasteiger partial charge in [0.15, 0.2) is 0 Å². The van der Waals surface area contributed by atoms with Crippen LogP contribution < -0.4 is 10.1 Å². The van der Waals surface area contributed by atoms with E-state index in [4.69, 9.17) is 9.72 Å². The Labute approximate surface area is 172 Å². The normalized spacial score (nSPS) is 10.9. The molecule has 1 amide bonds. The molecule has 0 saturated heterocycles. The first-order valence-electron chi connectivity index (χ1n) is 10.0. The number of aryl methyl sites for hydroxylation is 3. The largest absolute Gasteiger partial charge is 0.493 e. The second kappa shape index (κ2) is 9.41. The molecule has 0 bridgehead atoms. The molecule has 0 unspecified atom stereocenters. The number of para-hydroxylation sites is 2. The van der Waals surface area contributed by atoms with E-state index in [2.05, 4.69) is 54.6 Å². The lowest BCUT2D eigenvalue weighted by molar-refractivity contribution is -0.117.